The van der Waals surface area contributed by atoms with E-state index in [1.807, 2.05) is 20.8 Å². The van der Waals surface area contributed by atoms with Gasteiger partial charge in [0.15, 0.2) is 8.32 Å². The molecule has 132 valence electrons. The summed E-state index contributed by atoms with van der Waals surface area (Å²) in [6.45, 7) is 6.63. The number of aliphatic hydroxyl groups excluding tert-OH is 1. The van der Waals surface area contributed by atoms with Crippen molar-refractivity contribution in [3.05, 3.63) is 35.6 Å². The van der Waals surface area contributed by atoms with Crippen LogP contribution in [-0.4, -0.2) is 26.0 Å². The number of aliphatic hydroxyl groups is 1. The molecule has 0 aliphatic carbocycles. The van der Waals surface area contributed by atoms with Gasteiger partial charge in [-0.25, -0.2) is 13.2 Å². The van der Waals surface area contributed by atoms with E-state index in [-0.39, 0.29) is 5.56 Å². The maximum Gasteiger partial charge on any atom is 0.281 e. The van der Waals surface area contributed by atoms with Gasteiger partial charge in [-0.05, 0) is 42.8 Å². The normalized spacial score (nSPS) is 15.5. The van der Waals surface area contributed by atoms with Crippen LogP contribution in [0.4, 0.5) is 13.2 Å². The molecule has 0 saturated carbocycles. The molecule has 1 atom stereocenters. The summed E-state index contributed by atoms with van der Waals surface area (Å²) in [5, 5.41) is 9.04. The van der Waals surface area contributed by atoms with Crippen molar-refractivity contribution in [3.8, 4) is 0 Å². The Bertz CT molecular complexity index is 481. The molecule has 0 fully saturated rings. The molecule has 1 aromatic carbocycles. The zero-order valence-electron chi connectivity index (χ0n) is 14.3. The Hall–Kier alpha value is -0.853. The Morgan fingerprint density at radius 3 is 1.91 bits per heavy atom. The average molecular weight is 348 g/mol. The summed E-state index contributed by atoms with van der Waals surface area (Å²) in [5.41, 5.74) is -1.64. The average Bonchev–Trinajstić information content (AvgIpc) is 2.53. The van der Waals surface area contributed by atoms with Gasteiger partial charge in [-0.3, -0.25) is 0 Å². The van der Waals surface area contributed by atoms with Gasteiger partial charge in [0.2, 0.25) is 0 Å². The fraction of sp³-hybridized carbons (Fsp3) is 0.647. The summed E-state index contributed by atoms with van der Waals surface area (Å²) in [6.07, 6.45) is -0.692. The van der Waals surface area contributed by atoms with Gasteiger partial charge < -0.3 is 9.53 Å². The van der Waals surface area contributed by atoms with E-state index in [4.69, 9.17) is 9.53 Å². The van der Waals surface area contributed by atoms with Crippen LogP contribution in [0.25, 0.3) is 0 Å². The molecule has 0 heterocycles. The van der Waals surface area contributed by atoms with Gasteiger partial charge in [0.25, 0.3) is 5.92 Å². The van der Waals surface area contributed by atoms with E-state index in [0.717, 1.165) is 18.1 Å². The molecule has 1 rings (SSSR count). The third kappa shape index (κ3) is 4.16. The third-order valence-electron chi connectivity index (χ3n) is 4.87. The molecule has 0 aromatic heterocycles. The standard InChI is InChI=1S/C17H27F3O2Si/c1-5-23(6-2,7-3)22-16(4,17(19,20)12-13-21)14-8-10-15(18)11-9-14/h8-11,21H,5-7,12-13H2,1-4H3. The quantitative estimate of drug-likeness (QED) is 0.631. The molecule has 0 amide bonds. The number of hydrogen-bond donors (Lipinski definition) is 1. The lowest BCUT2D eigenvalue weighted by Crippen LogP contribution is -2.53. The highest BCUT2D eigenvalue weighted by Crippen LogP contribution is 2.46. The van der Waals surface area contributed by atoms with Crippen LogP contribution >= 0.6 is 0 Å². The summed E-state index contributed by atoms with van der Waals surface area (Å²) in [7, 11) is -2.34. The van der Waals surface area contributed by atoms with Crippen molar-refractivity contribution >= 4 is 8.32 Å². The van der Waals surface area contributed by atoms with Crippen molar-refractivity contribution in [2.45, 2.75) is 63.8 Å². The van der Waals surface area contributed by atoms with Crippen LogP contribution in [0.2, 0.25) is 18.1 Å². The minimum Gasteiger partial charge on any atom is -0.402 e. The molecule has 1 N–H and O–H groups in total. The minimum atomic E-state index is -3.25. The summed E-state index contributed by atoms with van der Waals surface area (Å²) >= 11 is 0. The smallest absolute Gasteiger partial charge is 0.281 e. The summed E-state index contributed by atoms with van der Waals surface area (Å²) in [5.74, 6) is -3.73. The summed E-state index contributed by atoms with van der Waals surface area (Å²) in [6, 6.07) is 7.21. The van der Waals surface area contributed by atoms with Gasteiger partial charge in [0.05, 0.1) is 0 Å². The second kappa shape index (κ2) is 7.81. The lowest BCUT2D eigenvalue weighted by atomic mass is 9.87. The van der Waals surface area contributed by atoms with Crippen molar-refractivity contribution < 1.29 is 22.7 Å². The van der Waals surface area contributed by atoms with E-state index in [1.165, 1.54) is 31.2 Å². The van der Waals surface area contributed by atoms with Crippen LogP contribution in [0.3, 0.4) is 0 Å². The second-order valence-corrected chi connectivity index (χ2v) is 10.8. The van der Waals surface area contributed by atoms with Crippen LogP contribution in [0, 0.1) is 5.82 Å². The molecular weight excluding hydrogens is 321 g/mol. The number of alkyl halides is 2. The van der Waals surface area contributed by atoms with E-state index in [1.54, 1.807) is 0 Å². The number of benzene rings is 1. The molecular formula is C17H27F3O2Si. The molecule has 1 unspecified atom stereocenters. The molecule has 2 nitrogen and oxygen atoms in total. The van der Waals surface area contributed by atoms with E-state index in [0.29, 0.717) is 0 Å². The van der Waals surface area contributed by atoms with Gasteiger partial charge in [0.1, 0.15) is 11.4 Å². The van der Waals surface area contributed by atoms with E-state index in [2.05, 4.69) is 0 Å². The van der Waals surface area contributed by atoms with Crippen LogP contribution < -0.4 is 0 Å². The highest BCUT2D eigenvalue weighted by molar-refractivity contribution is 6.73. The number of halogens is 3. The molecule has 23 heavy (non-hydrogen) atoms. The topological polar surface area (TPSA) is 29.5 Å². The zero-order chi connectivity index (χ0) is 17.7. The highest BCUT2D eigenvalue weighted by atomic mass is 28.4. The van der Waals surface area contributed by atoms with Crippen molar-refractivity contribution in [2.24, 2.45) is 0 Å². The first-order valence-electron chi connectivity index (χ1n) is 8.15. The van der Waals surface area contributed by atoms with Crippen molar-refractivity contribution in [1.82, 2.24) is 0 Å². The van der Waals surface area contributed by atoms with Gasteiger partial charge >= 0.3 is 0 Å². The Labute approximate surface area is 137 Å². The van der Waals surface area contributed by atoms with E-state index < -0.39 is 38.7 Å². The first-order valence-corrected chi connectivity index (χ1v) is 10.7. The molecule has 0 aliphatic heterocycles. The zero-order valence-corrected chi connectivity index (χ0v) is 15.3. The van der Waals surface area contributed by atoms with Gasteiger partial charge in [-0.1, -0.05) is 32.9 Å². The fourth-order valence-electron chi connectivity index (χ4n) is 2.89. The molecule has 0 saturated heterocycles. The van der Waals surface area contributed by atoms with E-state index >= 15 is 0 Å². The predicted octanol–water partition coefficient (Wildman–Crippen LogP) is 5.08. The molecule has 0 radical (unpaired) electrons. The van der Waals surface area contributed by atoms with Gasteiger partial charge in [0, 0.05) is 13.0 Å². The maximum absolute atomic E-state index is 14.8. The lowest BCUT2D eigenvalue weighted by Gasteiger charge is -2.44. The van der Waals surface area contributed by atoms with Crippen molar-refractivity contribution in [1.29, 1.82) is 0 Å². The van der Waals surface area contributed by atoms with Crippen LogP contribution in [-0.2, 0) is 10.0 Å². The first kappa shape index (κ1) is 20.2. The Balaban J connectivity index is 3.39. The largest absolute Gasteiger partial charge is 0.402 e. The van der Waals surface area contributed by atoms with Crippen molar-refractivity contribution in [2.75, 3.05) is 6.61 Å². The van der Waals surface area contributed by atoms with Crippen molar-refractivity contribution in [3.63, 3.8) is 0 Å². The number of hydrogen-bond acceptors (Lipinski definition) is 2. The molecule has 6 heteroatoms. The van der Waals surface area contributed by atoms with Crippen LogP contribution in [0.5, 0.6) is 0 Å². The monoisotopic (exact) mass is 348 g/mol. The van der Waals surface area contributed by atoms with Crippen LogP contribution in [0.1, 0.15) is 39.7 Å². The van der Waals surface area contributed by atoms with Gasteiger partial charge in [-0.2, -0.15) is 0 Å². The van der Waals surface area contributed by atoms with E-state index in [9.17, 15) is 13.2 Å². The predicted molar refractivity (Wildman–Crippen MR) is 88.7 cm³/mol. The minimum absolute atomic E-state index is 0.240. The molecule has 1 aromatic rings. The Kier molecular flexibility index (Phi) is 6.86. The summed E-state index contributed by atoms with van der Waals surface area (Å²) in [4.78, 5) is 0. The molecule has 0 bridgehead atoms. The van der Waals surface area contributed by atoms with Gasteiger partial charge in [-0.15, -0.1) is 0 Å². The number of rotatable bonds is 9. The third-order valence-corrected chi connectivity index (χ3v) is 9.58. The second-order valence-electron chi connectivity index (χ2n) is 6.06. The Morgan fingerprint density at radius 1 is 1.04 bits per heavy atom. The highest BCUT2D eigenvalue weighted by Gasteiger charge is 2.55. The maximum atomic E-state index is 14.8. The summed E-state index contributed by atoms with van der Waals surface area (Å²) < 4.78 is 49.1. The molecule has 0 aliphatic rings. The fourth-order valence-corrected chi connectivity index (χ4v) is 5.96. The Morgan fingerprint density at radius 2 is 1.52 bits per heavy atom. The van der Waals surface area contributed by atoms with Crippen LogP contribution in [0.15, 0.2) is 24.3 Å². The lowest BCUT2D eigenvalue weighted by molar-refractivity contribution is -0.176. The molecule has 0 spiro atoms. The SMILES string of the molecule is CC[Si](CC)(CC)OC(C)(c1ccc(F)cc1)C(F)(F)CCO. The first-order chi connectivity index (χ1) is 10.7.